The smallest absolute Gasteiger partial charge is 0.406 e. The Hall–Kier alpha value is -1.23. The van der Waals surface area contributed by atoms with Crippen LogP contribution in [-0.2, 0) is 4.79 Å². The number of hydrogen-bond donors (Lipinski definition) is 0. The molecule has 1 aromatic rings. The second-order valence-electron chi connectivity index (χ2n) is 2.29. The van der Waals surface area contributed by atoms with Gasteiger partial charge in [-0.25, -0.2) is 0 Å². The van der Waals surface area contributed by atoms with Crippen LogP contribution in [0.1, 0.15) is 5.56 Å². The predicted octanol–water partition coefficient (Wildman–Crippen LogP) is 2.70. The van der Waals surface area contributed by atoms with Crippen LogP contribution in [0.2, 0.25) is 5.02 Å². The van der Waals surface area contributed by atoms with Gasteiger partial charge < -0.3 is 4.74 Å². The molecule has 0 heterocycles. The van der Waals surface area contributed by atoms with Crippen LogP contribution >= 0.6 is 11.6 Å². The second-order valence-corrected chi connectivity index (χ2v) is 2.70. The van der Waals surface area contributed by atoms with Gasteiger partial charge in [0.15, 0.2) is 0 Å². The number of ether oxygens (including phenoxy) is 1. The lowest BCUT2D eigenvalue weighted by Gasteiger charge is -2.08. The van der Waals surface area contributed by atoms with E-state index in [9.17, 15) is 18.0 Å². The van der Waals surface area contributed by atoms with E-state index in [4.69, 9.17) is 11.6 Å². The van der Waals surface area contributed by atoms with Gasteiger partial charge in [0.2, 0.25) is 6.29 Å². The van der Waals surface area contributed by atoms with E-state index in [1.807, 2.05) is 0 Å². The van der Waals surface area contributed by atoms with Crippen LogP contribution in [0, 0.1) is 0 Å². The summed E-state index contributed by atoms with van der Waals surface area (Å²) >= 11 is 5.45. The molecule has 1 radical (unpaired) electrons. The molecule has 1 rings (SSSR count). The molecule has 0 aromatic heterocycles. The van der Waals surface area contributed by atoms with E-state index in [-0.39, 0.29) is 10.6 Å². The van der Waals surface area contributed by atoms with Gasteiger partial charge in [0.1, 0.15) is 5.75 Å². The van der Waals surface area contributed by atoms with Crippen LogP contribution in [0.25, 0.3) is 0 Å². The number of halogens is 4. The van der Waals surface area contributed by atoms with Gasteiger partial charge in [0.25, 0.3) is 0 Å². The highest BCUT2D eigenvalue weighted by Gasteiger charge is 2.31. The summed E-state index contributed by atoms with van der Waals surface area (Å²) in [6.07, 6.45) is -3.30. The Bertz CT molecular complexity index is 349. The molecule has 0 saturated carbocycles. The quantitative estimate of drug-likeness (QED) is 0.771. The molecule has 0 aliphatic rings. The van der Waals surface area contributed by atoms with Gasteiger partial charge in [-0.2, -0.15) is 0 Å². The van der Waals surface area contributed by atoms with Crippen LogP contribution in [-0.4, -0.2) is 12.6 Å². The summed E-state index contributed by atoms with van der Waals surface area (Å²) in [6.45, 7) is 0. The summed E-state index contributed by atoms with van der Waals surface area (Å²) in [5.41, 5.74) is -0.0128. The number of alkyl halides is 3. The van der Waals surface area contributed by atoms with Gasteiger partial charge >= 0.3 is 6.36 Å². The summed E-state index contributed by atoms with van der Waals surface area (Å²) in [6, 6.07) is 2.98. The average molecular weight is 224 g/mol. The van der Waals surface area contributed by atoms with Gasteiger partial charge in [-0.3, -0.25) is 4.79 Å². The van der Waals surface area contributed by atoms with Gasteiger partial charge in [-0.05, 0) is 18.2 Å². The zero-order valence-corrected chi connectivity index (χ0v) is 7.32. The van der Waals surface area contributed by atoms with Crippen molar-refractivity contribution in [3.05, 3.63) is 28.8 Å². The Morgan fingerprint density at radius 2 is 2.00 bits per heavy atom. The lowest BCUT2D eigenvalue weighted by atomic mass is 10.2. The van der Waals surface area contributed by atoms with Crippen LogP contribution in [0.3, 0.4) is 0 Å². The van der Waals surface area contributed by atoms with Crippen molar-refractivity contribution in [3.63, 3.8) is 0 Å². The summed E-state index contributed by atoms with van der Waals surface area (Å²) in [5.74, 6) is -0.471. The highest BCUT2D eigenvalue weighted by molar-refractivity contribution is 6.33. The Morgan fingerprint density at radius 3 is 2.43 bits per heavy atom. The molecule has 2 nitrogen and oxygen atoms in total. The Balaban J connectivity index is 2.92. The summed E-state index contributed by atoms with van der Waals surface area (Å²) in [4.78, 5) is 10.2. The van der Waals surface area contributed by atoms with E-state index in [0.717, 1.165) is 18.2 Å². The SMILES string of the molecule is O=[C]c1ccc(OC(F)(F)F)cc1Cl. The van der Waals surface area contributed by atoms with Crippen molar-refractivity contribution in [2.24, 2.45) is 0 Å². The van der Waals surface area contributed by atoms with E-state index in [1.165, 1.54) is 6.29 Å². The van der Waals surface area contributed by atoms with Crippen LogP contribution in [0.4, 0.5) is 13.2 Å². The molecule has 1 aromatic carbocycles. The highest BCUT2D eigenvalue weighted by atomic mass is 35.5. The van der Waals surface area contributed by atoms with E-state index in [2.05, 4.69) is 4.74 Å². The number of carbonyl (C=O) groups excluding carboxylic acids is 1. The van der Waals surface area contributed by atoms with Gasteiger partial charge in [0.05, 0.1) is 5.02 Å². The van der Waals surface area contributed by atoms with Crippen molar-refractivity contribution >= 4 is 17.9 Å². The molecule has 0 unspecified atom stereocenters. The third-order valence-electron chi connectivity index (χ3n) is 1.28. The number of hydrogen-bond acceptors (Lipinski definition) is 2. The molecular formula is C8H3ClF3O2. The third kappa shape index (κ3) is 2.92. The van der Waals surface area contributed by atoms with Gasteiger partial charge in [-0.15, -0.1) is 13.2 Å². The highest BCUT2D eigenvalue weighted by Crippen LogP contribution is 2.26. The first kappa shape index (κ1) is 10.8. The van der Waals surface area contributed by atoms with E-state index >= 15 is 0 Å². The fraction of sp³-hybridized carbons (Fsp3) is 0.125. The van der Waals surface area contributed by atoms with Crippen LogP contribution < -0.4 is 4.74 Å². The topological polar surface area (TPSA) is 26.3 Å². The monoisotopic (exact) mass is 223 g/mol. The molecule has 75 valence electrons. The van der Waals surface area contributed by atoms with Gasteiger partial charge in [0, 0.05) is 5.56 Å². The second kappa shape index (κ2) is 3.88. The summed E-state index contributed by atoms with van der Waals surface area (Å²) in [5, 5.41) is -0.137. The third-order valence-corrected chi connectivity index (χ3v) is 1.60. The Labute approximate surface area is 82.2 Å². The van der Waals surface area contributed by atoms with Crippen molar-refractivity contribution in [3.8, 4) is 5.75 Å². The Kier molecular flexibility index (Phi) is 3.00. The summed E-state index contributed by atoms with van der Waals surface area (Å²) in [7, 11) is 0. The lowest BCUT2D eigenvalue weighted by Crippen LogP contribution is -2.17. The average Bonchev–Trinajstić information content (AvgIpc) is 2.01. The zero-order valence-electron chi connectivity index (χ0n) is 6.56. The first-order valence-electron chi connectivity index (χ1n) is 3.36. The fourth-order valence-corrected chi connectivity index (χ4v) is 0.985. The molecule has 0 aliphatic heterocycles. The van der Waals surface area contributed by atoms with E-state index < -0.39 is 12.1 Å². The maximum atomic E-state index is 11.7. The van der Waals surface area contributed by atoms with Crippen molar-refractivity contribution in [2.45, 2.75) is 6.36 Å². The molecule has 0 atom stereocenters. The molecule has 6 heteroatoms. The van der Waals surface area contributed by atoms with Crippen molar-refractivity contribution < 1.29 is 22.7 Å². The molecule has 0 bridgehead atoms. The maximum absolute atomic E-state index is 11.7. The fourth-order valence-electron chi connectivity index (χ4n) is 0.776. The zero-order chi connectivity index (χ0) is 10.8. The lowest BCUT2D eigenvalue weighted by molar-refractivity contribution is -0.274. The minimum atomic E-state index is -4.77. The molecule has 0 saturated heterocycles. The first-order chi connectivity index (χ1) is 6.42. The Morgan fingerprint density at radius 1 is 1.36 bits per heavy atom. The van der Waals surface area contributed by atoms with E-state index in [0.29, 0.717) is 0 Å². The molecule has 0 spiro atoms. The minimum Gasteiger partial charge on any atom is -0.406 e. The molecule has 0 fully saturated rings. The van der Waals surface area contributed by atoms with E-state index in [1.54, 1.807) is 0 Å². The molecular weight excluding hydrogens is 221 g/mol. The molecule has 0 amide bonds. The predicted molar refractivity (Wildman–Crippen MR) is 42.9 cm³/mol. The van der Waals surface area contributed by atoms with Gasteiger partial charge in [-0.1, -0.05) is 11.6 Å². The van der Waals surface area contributed by atoms with Crippen molar-refractivity contribution in [1.29, 1.82) is 0 Å². The maximum Gasteiger partial charge on any atom is 0.573 e. The number of rotatable bonds is 2. The molecule has 0 aliphatic carbocycles. The molecule has 14 heavy (non-hydrogen) atoms. The largest absolute Gasteiger partial charge is 0.573 e. The number of benzene rings is 1. The summed E-state index contributed by atoms with van der Waals surface area (Å²) < 4.78 is 38.7. The standard InChI is InChI=1S/C8H3ClF3O2/c9-7-3-6(14-8(10,11)12)2-1-5(7)4-13/h1-3H. The normalized spacial score (nSPS) is 11.1. The van der Waals surface area contributed by atoms with Crippen LogP contribution in [0.15, 0.2) is 18.2 Å². The molecule has 0 N–H and O–H groups in total. The van der Waals surface area contributed by atoms with Crippen LogP contribution in [0.5, 0.6) is 5.75 Å². The van der Waals surface area contributed by atoms with Crippen molar-refractivity contribution in [1.82, 2.24) is 0 Å². The first-order valence-corrected chi connectivity index (χ1v) is 3.73. The minimum absolute atomic E-state index is 0.0128. The van der Waals surface area contributed by atoms with Crippen molar-refractivity contribution in [2.75, 3.05) is 0 Å².